The Morgan fingerprint density at radius 3 is 2.33 bits per heavy atom. The van der Waals surface area contributed by atoms with Crippen LogP contribution in [0.1, 0.15) is 5.56 Å². The van der Waals surface area contributed by atoms with Crippen molar-refractivity contribution >= 4 is 0 Å². The largest absolute Gasteiger partial charge is 0.490 e. The molecule has 2 nitrogen and oxygen atoms in total. The molecule has 2 rings (SSSR count). The van der Waals surface area contributed by atoms with Crippen LogP contribution in [0.15, 0.2) is 48.8 Å². The van der Waals surface area contributed by atoms with Gasteiger partial charge in [-0.15, -0.1) is 0 Å². The van der Waals surface area contributed by atoms with Gasteiger partial charge >= 0.3 is 0 Å². The molecule has 0 aliphatic heterocycles. The summed E-state index contributed by atoms with van der Waals surface area (Å²) >= 11 is 0. The van der Waals surface area contributed by atoms with Gasteiger partial charge in [0.25, 0.3) is 5.69 Å². The first-order valence-electron chi connectivity index (χ1n) is 4.92. The molecular formula is C13H14NO+. The van der Waals surface area contributed by atoms with Crippen molar-refractivity contribution in [2.75, 3.05) is 7.11 Å². The molecule has 1 aromatic heterocycles. The van der Waals surface area contributed by atoms with E-state index in [1.165, 1.54) is 5.56 Å². The molecule has 0 atom stereocenters. The van der Waals surface area contributed by atoms with Crippen LogP contribution in [0.5, 0.6) is 5.75 Å². The number of ether oxygens (including phenoxy) is 1. The van der Waals surface area contributed by atoms with E-state index < -0.39 is 0 Å². The van der Waals surface area contributed by atoms with Crippen LogP contribution in [0, 0.1) is 6.92 Å². The topological polar surface area (TPSA) is 13.1 Å². The van der Waals surface area contributed by atoms with Crippen LogP contribution in [-0.2, 0) is 0 Å². The quantitative estimate of drug-likeness (QED) is 0.678. The highest BCUT2D eigenvalue weighted by Gasteiger charge is 2.10. The molecule has 0 spiro atoms. The second kappa shape index (κ2) is 4.13. The second-order valence-electron chi connectivity index (χ2n) is 3.45. The lowest BCUT2D eigenvalue weighted by molar-refractivity contribution is -0.596. The Balaban J connectivity index is 2.49. The lowest BCUT2D eigenvalue weighted by Gasteiger charge is -2.02. The van der Waals surface area contributed by atoms with Crippen molar-refractivity contribution in [2.45, 2.75) is 6.92 Å². The third-order valence-corrected chi connectivity index (χ3v) is 2.36. The third kappa shape index (κ3) is 1.99. The van der Waals surface area contributed by atoms with Gasteiger partial charge in [-0.3, -0.25) is 0 Å². The van der Waals surface area contributed by atoms with Crippen LogP contribution in [0.2, 0.25) is 0 Å². The van der Waals surface area contributed by atoms with Crippen molar-refractivity contribution in [2.24, 2.45) is 0 Å². The number of pyridine rings is 1. The van der Waals surface area contributed by atoms with Crippen molar-refractivity contribution in [3.8, 4) is 11.4 Å². The summed E-state index contributed by atoms with van der Waals surface area (Å²) in [4.78, 5) is 0. The fourth-order valence-electron chi connectivity index (χ4n) is 1.50. The second-order valence-corrected chi connectivity index (χ2v) is 3.45. The maximum absolute atomic E-state index is 5.31. The molecule has 15 heavy (non-hydrogen) atoms. The van der Waals surface area contributed by atoms with Gasteiger partial charge in [0.15, 0.2) is 18.1 Å². The van der Waals surface area contributed by atoms with E-state index in [-0.39, 0.29) is 0 Å². The van der Waals surface area contributed by atoms with Crippen molar-refractivity contribution < 1.29 is 9.30 Å². The Hall–Kier alpha value is -1.83. The van der Waals surface area contributed by atoms with Crippen LogP contribution < -0.4 is 9.30 Å². The van der Waals surface area contributed by atoms with E-state index in [1.807, 2.05) is 41.2 Å². The summed E-state index contributed by atoms with van der Waals surface area (Å²) in [7, 11) is 1.69. The highest BCUT2D eigenvalue weighted by atomic mass is 16.5. The predicted octanol–water partition coefficient (Wildman–Crippen LogP) is 2.28. The van der Waals surface area contributed by atoms with E-state index in [1.54, 1.807) is 7.11 Å². The van der Waals surface area contributed by atoms with Gasteiger partial charge in [-0.25, -0.2) is 0 Å². The van der Waals surface area contributed by atoms with Gasteiger partial charge in [-0.2, -0.15) is 4.57 Å². The summed E-state index contributed by atoms with van der Waals surface area (Å²) in [5, 5.41) is 0. The Morgan fingerprint density at radius 2 is 1.67 bits per heavy atom. The molecule has 0 aliphatic rings. The number of nitrogens with zero attached hydrogens (tertiary/aromatic N) is 1. The van der Waals surface area contributed by atoms with Crippen LogP contribution in [0.3, 0.4) is 0 Å². The molecule has 2 aromatic rings. The lowest BCUT2D eigenvalue weighted by Crippen LogP contribution is -2.29. The van der Waals surface area contributed by atoms with Crippen LogP contribution in [0.25, 0.3) is 5.69 Å². The number of benzene rings is 1. The summed E-state index contributed by atoms with van der Waals surface area (Å²) in [5.74, 6) is 0.881. The van der Waals surface area contributed by atoms with Crippen molar-refractivity contribution in [3.05, 3.63) is 54.4 Å². The minimum Gasteiger partial charge on any atom is -0.490 e. The lowest BCUT2D eigenvalue weighted by atomic mass is 10.2. The van der Waals surface area contributed by atoms with Gasteiger partial charge in [-0.05, 0) is 18.6 Å². The van der Waals surface area contributed by atoms with Gasteiger partial charge < -0.3 is 4.74 Å². The summed E-state index contributed by atoms with van der Waals surface area (Å²) in [6.45, 7) is 2.08. The van der Waals surface area contributed by atoms with Crippen LogP contribution in [0.4, 0.5) is 0 Å². The predicted molar refractivity (Wildman–Crippen MR) is 59.3 cm³/mol. The number of methoxy groups -OCH3 is 1. The number of hydrogen-bond donors (Lipinski definition) is 0. The SMILES string of the molecule is COc1ccccc1-[n+]1ccc(C)cc1. The summed E-state index contributed by atoms with van der Waals surface area (Å²) in [6, 6.07) is 12.1. The highest BCUT2D eigenvalue weighted by molar-refractivity contribution is 5.39. The molecular weight excluding hydrogens is 186 g/mol. The number of rotatable bonds is 2. The third-order valence-electron chi connectivity index (χ3n) is 2.36. The highest BCUT2D eigenvalue weighted by Crippen LogP contribution is 2.16. The Kier molecular flexibility index (Phi) is 2.68. The van der Waals surface area contributed by atoms with E-state index >= 15 is 0 Å². The summed E-state index contributed by atoms with van der Waals surface area (Å²) in [6.07, 6.45) is 4.07. The van der Waals surface area contributed by atoms with Gasteiger partial charge in [0, 0.05) is 18.2 Å². The van der Waals surface area contributed by atoms with E-state index in [2.05, 4.69) is 19.1 Å². The molecule has 1 heterocycles. The minimum atomic E-state index is 0.881. The number of aryl methyl sites for hydroxylation is 1. The molecule has 0 N–H and O–H groups in total. The van der Waals surface area contributed by atoms with Crippen LogP contribution >= 0.6 is 0 Å². The van der Waals surface area contributed by atoms with Gasteiger partial charge in [0.1, 0.15) is 0 Å². The molecule has 0 bridgehead atoms. The zero-order valence-corrected chi connectivity index (χ0v) is 8.97. The Bertz CT molecular complexity index is 448. The van der Waals surface area contributed by atoms with Crippen molar-refractivity contribution in [1.82, 2.24) is 0 Å². The summed E-state index contributed by atoms with van der Waals surface area (Å²) < 4.78 is 7.36. The average Bonchev–Trinajstić information content (AvgIpc) is 2.30. The zero-order valence-electron chi connectivity index (χ0n) is 8.97. The van der Waals surface area contributed by atoms with E-state index in [0.717, 1.165) is 11.4 Å². The zero-order chi connectivity index (χ0) is 10.7. The normalized spacial score (nSPS) is 10.0. The molecule has 0 saturated heterocycles. The van der Waals surface area contributed by atoms with Gasteiger partial charge in [0.05, 0.1) is 7.11 Å². The first kappa shape index (κ1) is 9.71. The Morgan fingerprint density at radius 1 is 1.00 bits per heavy atom. The monoisotopic (exact) mass is 200 g/mol. The summed E-state index contributed by atoms with van der Waals surface area (Å²) in [5.41, 5.74) is 2.31. The number of para-hydroxylation sites is 2. The fraction of sp³-hybridized carbons (Fsp3) is 0.154. The number of hydrogen-bond acceptors (Lipinski definition) is 1. The fourth-order valence-corrected chi connectivity index (χ4v) is 1.50. The average molecular weight is 200 g/mol. The van der Waals surface area contributed by atoms with Gasteiger partial charge in [-0.1, -0.05) is 12.1 Å². The molecule has 0 saturated carbocycles. The van der Waals surface area contributed by atoms with E-state index in [9.17, 15) is 0 Å². The molecule has 0 aliphatic carbocycles. The minimum absolute atomic E-state index is 0.881. The molecule has 0 amide bonds. The van der Waals surface area contributed by atoms with Crippen molar-refractivity contribution in [3.63, 3.8) is 0 Å². The van der Waals surface area contributed by atoms with Gasteiger partial charge in [0.2, 0.25) is 0 Å². The molecule has 0 unspecified atom stereocenters. The standard InChI is InChI=1S/C13H14NO/c1-11-7-9-14(10-8-11)12-5-3-4-6-13(12)15-2/h3-10H,1-2H3/q+1. The first-order valence-corrected chi connectivity index (χ1v) is 4.92. The number of aromatic nitrogens is 1. The van der Waals surface area contributed by atoms with Crippen molar-refractivity contribution in [1.29, 1.82) is 0 Å². The maximum Gasteiger partial charge on any atom is 0.252 e. The molecule has 2 heteroatoms. The van der Waals surface area contributed by atoms with E-state index in [4.69, 9.17) is 4.74 Å². The maximum atomic E-state index is 5.31. The molecule has 76 valence electrons. The first-order chi connectivity index (χ1) is 7.31. The molecule has 0 fully saturated rings. The van der Waals surface area contributed by atoms with Crippen LogP contribution in [-0.4, -0.2) is 7.11 Å². The van der Waals surface area contributed by atoms with E-state index in [0.29, 0.717) is 0 Å². The molecule has 1 aromatic carbocycles. The Labute approximate surface area is 89.8 Å². The smallest absolute Gasteiger partial charge is 0.252 e. The molecule has 0 radical (unpaired) electrons.